The molecule has 1 aliphatic heterocycles. The van der Waals surface area contributed by atoms with E-state index in [0.717, 1.165) is 5.56 Å². The van der Waals surface area contributed by atoms with Gasteiger partial charge in [0.25, 0.3) is 0 Å². The molecule has 0 aromatic heterocycles. The van der Waals surface area contributed by atoms with E-state index in [1.54, 1.807) is 18.7 Å². The van der Waals surface area contributed by atoms with E-state index in [-0.39, 0.29) is 11.8 Å². The van der Waals surface area contributed by atoms with Gasteiger partial charge in [-0.2, -0.15) is 0 Å². The number of anilines is 1. The summed E-state index contributed by atoms with van der Waals surface area (Å²) in [6.45, 7) is 7.42. The first-order valence-corrected chi connectivity index (χ1v) is 7.16. The van der Waals surface area contributed by atoms with Gasteiger partial charge >= 0.3 is 0 Å². The smallest absolute Gasteiger partial charge is 0.239 e. The van der Waals surface area contributed by atoms with E-state index in [0.29, 0.717) is 32.0 Å². The SMILES string of the molecule is Cc1cccc(NC(=O)C(C)(C)C(=O)N2CCOCC2)c1. The molecule has 1 saturated heterocycles. The van der Waals surface area contributed by atoms with E-state index in [9.17, 15) is 9.59 Å². The van der Waals surface area contributed by atoms with Crippen LogP contribution in [-0.4, -0.2) is 43.0 Å². The maximum atomic E-state index is 12.5. The van der Waals surface area contributed by atoms with Crippen LogP contribution in [0.3, 0.4) is 0 Å². The van der Waals surface area contributed by atoms with Crippen LogP contribution in [0.15, 0.2) is 24.3 Å². The highest BCUT2D eigenvalue weighted by Crippen LogP contribution is 2.23. The maximum absolute atomic E-state index is 12.5. The number of rotatable bonds is 3. The van der Waals surface area contributed by atoms with Crippen LogP contribution in [0.1, 0.15) is 19.4 Å². The van der Waals surface area contributed by atoms with Crippen molar-refractivity contribution in [3.63, 3.8) is 0 Å². The monoisotopic (exact) mass is 290 g/mol. The number of ether oxygens (including phenoxy) is 1. The summed E-state index contributed by atoms with van der Waals surface area (Å²) >= 11 is 0. The predicted octanol–water partition coefficient (Wildman–Crippen LogP) is 1.82. The van der Waals surface area contributed by atoms with Crippen molar-refractivity contribution in [1.29, 1.82) is 0 Å². The molecule has 5 nitrogen and oxygen atoms in total. The number of benzene rings is 1. The third-order valence-corrected chi connectivity index (χ3v) is 3.68. The van der Waals surface area contributed by atoms with Crippen LogP contribution in [0.4, 0.5) is 5.69 Å². The molecule has 0 spiro atoms. The molecule has 0 bridgehead atoms. The lowest BCUT2D eigenvalue weighted by Gasteiger charge is -2.33. The summed E-state index contributed by atoms with van der Waals surface area (Å²) < 4.78 is 5.24. The first-order chi connectivity index (χ1) is 9.91. The van der Waals surface area contributed by atoms with Gasteiger partial charge in [0.05, 0.1) is 13.2 Å². The predicted molar refractivity (Wildman–Crippen MR) is 81.0 cm³/mol. The zero-order valence-corrected chi connectivity index (χ0v) is 12.8. The second-order valence-corrected chi connectivity index (χ2v) is 5.85. The number of aryl methyl sites for hydroxylation is 1. The second-order valence-electron chi connectivity index (χ2n) is 5.85. The van der Waals surface area contributed by atoms with E-state index in [4.69, 9.17) is 4.74 Å². The Morgan fingerprint density at radius 1 is 1.24 bits per heavy atom. The van der Waals surface area contributed by atoms with Crippen molar-refractivity contribution < 1.29 is 14.3 Å². The summed E-state index contributed by atoms with van der Waals surface area (Å²) in [4.78, 5) is 26.7. The summed E-state index contributed by atoms with van der Waals surface area (Å²) in [7, 11) is 0. The average molecular weight is 290 g/mol. The molecule has 114 valence electrons. The molecular formula is C16H22N2O3. The Morgan fingerprint density at radius 2 is 1.90 bits per heavy atom. The third-order valence-electron chi connectivity index (χ3n) is 3.68. The van der Waals surface area contributed by atoms with Crippen LogP contribution in [0, 0.1) is 12.3 Å². The summed E-state index contributed by atoms with van der Waals surface area (Å²) in [6, 6.07) is 7.54. The van der Waals surface area contributed by atoms with Gasteiger partial charge in [0.2, 0.25) is 11.8 Å². The Kier molecular flexibility index (Phi) is 4.63. The van der Waals surface area contributed by atoms with Crippen molar-refractivity contribution in [2.24, 2.45) is 5.41 Å². The Balaban J connectivity index is 2.06. The Labute approximate surface area is 125 Å². The van der Waals surface area contributed by atoms with E-state index in [2.05, 4.69) is 5.32 Å². The largest absolute Gasteiger partial charge is 0.378 e. The Hall–Kier alpha value is -1.88. The quantitative estimate of drug-likeness (QED) is 0.864. The highest BCUT2D eigenvalue weighted by molar-refractivity contribution is 6.09. The molecule has 1 heterocycles. The maximum Gasteiger partial charge on any atom is 0.239 e. The number of carbonyl (C=O) groups is 2. The van der Waals surface area contributed by atoms with Gasteiger partial charge in [0.1, 0.15) is 5.41 Å². The van der Waals surface area contributed by atoms with Crippen LogP contribution in [0.2, 0.25) is 0 Å². The molecule has 1 N–H and O–H groups in total. The standard InChI is InChI=1S/C16H22N2O3/c1-12-5-4-6-13(11-12)17-14(19)16(2,3)15(20)18-7-9-21-10-8-18/h4-6,11H,7-10H2,1-3H3,(H,17,19). The van der Waals surface area contributed by atoms with Gasteiger partial charge in [0.15, 0.2) is 0 Å². The molecule has 1 aromatic carbocycles. The molecule has 1 aromatic rings. The molecule has 2 amide bonds. The normalized spacial score (nSPS) is 15.7. The third kappa shape index (κ3) is 3.61. The van der Waals surface area contributed by atoms with Crippen molar-refractivity contribution in [1.82, 2.24) is 4.90 Å². The first-order valence-electron chi connectivity index (χ1n) is 7.16. The van der Waals surface area contributed by atoms with Crippen molar-refractivity contribution in [3.05, 3.63) is 29.8 Å². The van der Waals surface area contributed by atoms with Crippen molar-refractivity contribution in [2.75, 3.05) is 31.6 Å². The minimum atomic E-state index is -1.10. The van der Waals surface area contributed by atoms with Crippen molar-refractivity contribution in [3.8, 4) is 0 Å². The van der Waals surface area contributed by atoms with Gasteiger partial charge in [-0.3, -0.25) is 9.59 Å². The lowest BCUT2D eigenvalue weighted by Crippen LogP contribution is -2.51. The van der Waals surface area contributed by atoms with E-state index < -0.39 is 5.41 Å². The van der Waals surface area contributed by atoms with Gasteiger partial charge in [-0.15, -0.1) is 0 Å². The summed E-state index contributed by atoms with van der Waals surface area (Å²) in [5.74, 6) is -0.444. The van der Waals surface area contributed by atoms with Crippen LogP contribution in [0.5, 0.6) is 0 Å². The molecule has 0 unspecified atom stereocenters. The number of nitrogens with zero attached hydrogens (tertiary/aromatic N) is 1. The minimum Gasteiger partial charge on any atom is -0.378 e. The molecule has 0 saturated carbocycles. The lowest BCUT2D eigenvalue weighted by atomic mass is 9.90. The van der Waals surface area contributed by atoms with Crippen LogP contribution >= 0.6 is 0 Å². The van der Waals surface area contributed by atoms with Crippen LogP contribution < -0.4 is 5.32 Å². The number of morpholine rings is 1. The molecule has 21 heavy (non-hydrogen) atoms. The first kappa shape index (κ1) is 15.5. The Morgan fingerprint density at radius 3 is 2.52 bits per heavy atom. The zero-order chi connectivity index (χ0) is 15.5. The number of carbonyl (C=O) groups excluding carboxylic acids is 2. The van der Waals surface area contributed by atoms with Crippen LogP contribution in [-0.2, 0) is 14.3 Å². The molecule has 0 radical (unpaired) electrons. The number of hydrogen-bond donors (Lipinski definition) is 1. The van der Waals surface area contributed by atoms with E-state index in [1.165, 1.54) is 0 Å². The fourth-order valence-electron chi connectivity index (χ4n) is 2.27. The van der Waals surface area contributed by atoms with E-state index >= 15 is 0 Å². The molecule has 1 fully saturated rings. The lowest BCUT2D eigenvalue weighted by molar-refractivity contribution is -0.149. The molecule has 0 atom stereocenters. The van der Waals surface area contributed by atoms with Gasteiger partial charge in [-0.05, 0) is 38.5 Å². The summed E-state index contributed by atoms with van der Waals surface area (Å²) in [5.41, 5.74) is 0.675. The molecule has 2 rings (SSSR count). The second kappa shape index (κ2) is 6.26. The minimum absolute atomic E-state index is 0.157. The molecule has 1 aliphatic rings. The topological polar surface area (TPSA) is 58.6 Å². The summed E-state index contributed by atoms with van der Waals surface area (Å²) in [6.07, 6.45) is 0. The highest BCUT2D eigenvalue weighted by atomic mass is 16.5. The van der Waals surface area contributed by atoms with Gasteiger partial charge in [0, 0.05) is 18.8 Å². The fourth-order valence-corrected chi connectivity index (χ4v) is 2.27. The zero-order valence-electron chi connectivity index (χ0n) is 12.8. The van der Waals surface area contributed by atoms with Gasteiger partial charge in [-0.25, -0.2) is 0 Å². The summed E-state index contributed by atoms with van der Waals surface area (Å²) in [5, 5.41) is 2.83. The molecular weight excluding hydrogens is 268 g/mol. The number of amides is 2. The van der Waals surface area contributed by atoms with Gasteiger partial charge in [-0.1, -0.05) is 12.1 Å². The fraction of sp³-hybridized carbons (Fsp3) is 0.500. The van der Waals surface area contributed by atoms with Gasteiger partial charge < -0.3 is 15.0 Å². The van der Waals surface area contributed by atoms with Crippen LogP contribution in [0.25, 0.3) is 0 Å². The average Bonchev–Trinajstić information content (AvgIpc) is 2.47. The van der Waals surface area contributed by atoms with Crippen molar-refractivity contribution >= 4 is 17.5 Å². The Bertz CT molecular complexity index is 534. The molecule has 0 aliphatic carbocycles. The van der Waals surface area contributed by atoms with E-state index in [1.807, 2.05) is 31.2 Å². The highest BCUT2D eigenvalue weighted by Gasteiger charge is 2.39. The van der Waals surface area contributed by atoms with Crippen molar-refractivity contribution in [2.45, 2.75) is 20.8 Å². The number of hydrogen-bond acceptors (Lipinski definition) is 3. The number of nitrogens with one attached hydrogen (secondary N) is 1. The molecule has 5 heteroatoms.